The Hall–Kier alpha value is -3.51. The zero-order chi connectivity index (χ0) is 23.4. The van der Waals surface area contributed by atoms with E-state index in [0.29, 0.717) is 11.6 Å². The van der Waals surface area contributed by atoms with Gasteiger partial charge in [0.1, 0.15) is 12.0 Å². The first-order valence-electron chi connectivity index (χ1n) is 10.6. The van der Waals surface area contributed by atoms with Crippen molar-refractivity contribution in [3.05, 3.63) is 89.8 Å². The first kappa shape index (κ1) is 22.7. The van der Waals surface area contributed by atoms with Gasteiger partial charge in [0.2, 0.25) is 5.89 Å². The fourth-order valence-corrected chi connectivity index (χ4v) is 4.45. The second-order valence-electron chi connectivity index (χ2n) is 7.89. The zero-order valence-electron chi connectivity index (χ0n) is 18.7. The number of carboxylic acids is 1. The molecule has 0 aliphatic carbocycles. The topological polar surface area (TPSA) is 72.6 Å². The maximum Gasteiger partial charge on any atom is 0.341 e. The van der Waals surface area contributed by atoms with Crippen LogP contribution in [0.4, 0.5) is 0 Å². The van der Waals surface area contributed by atoms with Crippen molar-refractivity contribution in [3.8, 4) is 28.3 Å². The third-order valence-electron chi connectivity index (χ3n) is 5.27. The van der Waals surface area contributed by atoms with Crippen LogP contribution in [0.25, 0.3) is 22.6 Å². The van der Waals surface area contributed by atoms with Gasteiger partial charge in [0, 0.05) is 10.5 Å². The summed E-state index contributed by atoms with van der Waals surface area (Å²) < 4.78 is 11.1. The minimum atomic E-state index is -0.993. The lowest BCUT2D eigenvalue weighted by atomic mass is 10.0. The predicted molar refractivity (Wildman–Crippen MR) is 131 cm³/mol. The minimum Gasteiger partial charge on any atom is -0.482 e. The molecule has 4 aromatic rings. The highest BCUT2D eigenvalue weighted by Gasteiger charge is 2.15. The molecule has 0 aliphatic rings. The van der Waals surface area contributed by atoms with Gasteiger partial charge in [-0.15, -0.1) is 11.8 Å². The molecule has 0 amide bonds. The third kappa shape index (κ3) is 5.65. The molecule has 1 heterocycles. The summed E-state index contributed by atoms with van der Waals surface area (Å²) in [4.78, 5) is 16.5. The fraction of sp³-hybridized carbons (Fsp3) is 0.185. The highest BCUT2D eigenvalue weighted by molar-refractivity contribution is 7.99. The smallest absolute Gasteiger partial charge is 0.341 e. The van der Waals surface area contributed by atoms with Gasteiger partial charge in [0.25, 0.3) is 0 Å². The molecule has 1 aromatic heterocycles. The average molecular weight is 460 g/mol. The van der Waals surface area contributed by atoms with E-state index in [0.717, 1.165) is 27.3 Å². The number of hydrogen-bond donors (Lipinski definition) is 1. The van der Waals surface area contributed by atoms with E-state index in [1.54, 1.807) is 24.1 Å². The van der Waals surface area contributed by atoms with Crippen molar-refractivity contribution in [1.82, 2.24) is 4.98 Å². The summed E-state index contributed by atoms with van der Waals surface area (Å²) in [6.07, 6.45) is 1.71. The summed E-state index contributed by atoms with van der Waals surface area (Å²) in [6.45, 7) is 5.72. The number of rotatable bonds is 8. The number of carboxylic acid groups (broad SMARTS) is 1. The van der Waals surface area contributed by atoms with Crippen LogP contribution in [0.5, 0.6) is 5.75 Å². The number of carbonyl (C=O) groups is 1. The molecule has 3 aromatic carbocycles. The Morgan fingerprint density at radius 1 is 1.00 bits per heavy atom. The quantitative estimate of drug-likeness (QED) is 0.288. The van der Waals surface area contributed by atoms with Crippen LogP contribution in [-0.2, 0) is 4.79 Å². The molecule has 0 aliphatic heterocycles. The summed E-state index contributed by atoms with van der Waals surface area (Å²) in [5.41, 5.74) is 6.27. The molecule has 0 saturated carbocycles. The van der Waals surface area contributed by atoms with Gasteiger partial charge in [-0.2, -0.15) is 0 Å². The van der Waals surface area contributed by atoms with E-state index in [1.807, 2.05) is 31.2 Å². The number of oxazole rings is 1. The molecular weight excluding hydrogens is 434 g/mol. The van der Waals surface area contributed by atoms with Crippen LogP contribution < -0.4 is 4.74 Å². The molecule has 0 unspecified atom stereocenters. The highest BCUT2D eigenvalue weighted by Crippen LogP contribution is 2.37. The standard InChI is InChI=1S/C27H25NO4S/c1-17-4-6-20(7-5-17)21-8-10-22(11-9-21)27-28-24(15-32-27)19(3)33-23-12-13-25(18(2)14-23)31-16-26(29)30/h4-15,19H,16H2,1-3H3,(H,29,30)/t19-/m0/s1. The summed E-state index contributed by atoms with van der Waals surface area (Å²) in [7, 11) is 0. The second-order valence-corrected chi connectivity index (χ2v) is 9.30. The van der Waals surface area contributed by atoms with Crippen molar-refractivity contribution in [2.24, 2.45) is 0 Å². The number of thioether (sulfide) groups is 1. The third-order valence-corrected chi connectivity index (χ3v) is 6.39. The number of aryl methyl sites for hydroxylation is 2. The van der Waals surface area contributed by atoms with Gasteiger partial charge in [-0.3, -0.25) is 0 Å². The van der Waals surface area contributed by atoms with E-state index in [2.05, 4.69) is 50.2 Å². The van der Waals surface area contributed by atoms with Crippen molar-refractivity contribution >= 4 is 17.7 Å². The number of benzene rings is 3. The monoisotopic (exact) mass is 459 g/mol. The molecule has 0 saturated heterocycles. The summed E-state index contributed by atoms with van der Waals surface area (Å²) in [5.74, 6) is 0.182. The highest BCUT2D eigenvalue weighted by atomic mass is 32.2. The largest absolute Gasteiger partial charge is 0.482 e. The van der Waals surface area contributed by atoms with Gasteiger partial charge < -0.3 is 14.3 Å². The molecule has 1 N–H and O–H groups in total. The Labute approximate surface area is 197 Å². The molecule has 1 atom stereocenters. The number of aliphatic carboxylic acids is 1. The van der Waals surface area contributed by atoms with Crippen LogP contribution in [-0.4, -0.2) is 22.7 Å². The van der Waals surface area contributed by atoms with E-state index in [4.69, 9.17) is 19.2 Å². The van der Waals surface area contributed by atoms with Crippen molar-refractivity contribution in [1.29, 1.82) is 0 Å². The van der Waals surface area contributed by atoms with Crippen LogP contribution >= 0.6 is 11.8 Å². The Balaban J connectivity index is 1.43. The first-order chi connectivity index (χ1) is 15.9. The zero-order valence-corrected chi connectivity index (χ0v) is 19.6. The summed E-state index contributed by atoms with van der Waals surface area (Å²) in [6, 6.07) is 22.4. The van der Waals surface area contributed by atoms with E-state index < -0.39 is 5.97 Å². The lowest BCUT2D eigenvalue weighted by molar-refractivity contribution is -0.139. The Bertz CT molecular complexity index is 1250. The van der Waals surface area contributed by atoms with Crippen molar-refractivity contribution in [2.45, 2.75) is 30.9 Å². The van der Waals surface area contributed by atoms with Crippen molar-refractivity contribution < 1.29 is 19.1 Å². The molecule has 4 rings (SSSR count). The van der Waals surface area contributed by atoms with E-state index in [1.165, 1.54) is 11.1 Å². The lowest BCUT2D eigenvalue weighted by Crippen LogP contribution is -2.10. The van der Waals surface area contributed by atoms with Crippen LogP contribution in [0.1, 0.15) is 29.0 Å². The van der Waals surface area contributed by atoms with Crippen LogP contribution in [0.3, 0.4) is 0 Å². The van der Waals surface area contributed by atoms with E-state index in [9.17, 15) is 4.79 Å². The second kappa shape index (κ2) is 9.96. The Morgan fingerprint density at radius 2 is 1.64 bits per heavy atom. The van der Waals surface area contributed by atoms with Gasteiger partial charge in [0.15, 0.2) is 6.61 Å². The molecule has 0 spiro atoms. The van der Waals surface area contributed by atoms with E-state index in [-0.39, 0.29) is 11.9 Å². The normalized spacial score (nSPS) is 11.8. The minimum absolute atomic E-state index is 0.0829. The number of aromatic nitrogens is 1. The maximum absolute atomic E-state index is 10.7. The van der Waals surface area contributed by atoms with Gasteiger partial charge in [-0.25, -0.2) is 9.78 Å². The molecule has 0 radical (unpaired) electrons. The molecule has 6 heteroatoms. The molecule has 33 heavy (non-hydrogen) atoms. The van der Waals surface area contributed by atoms with Gasteiger partial charge in [0.05, 0.1) is 10.9 Å². The Morgan fingerprint density at radius 3 is 2.27 bits per heavy atom. The molecule has 0 fully saturated rings. The summed E-state index contributed by atoms with van der Waals surface area (Å²) in [5, 5.41) is 8.86. The SMILES string of the molecule is Cc1ccc(-c2ccc(-c3nc([C@H](C)Sc4ccc(OCC(=O)O)c(C)c4)co3)cc2)cc1. The van der Waals surface area contributed by atoms with Crippen molar-refractivity contribution in [2.75, 3.05) is 6.61 Å². The predicted octanol–water partition coefficient (Wildman–Crippen LogP) is 6.94. The van der Waals surface area contributed by atoms with Crippen LogP contribution in [0, 0.1) is 13.8 Å². The van der Waals surface area contributed by atoms with Gasteiger partial charge >= 0.3 is 5.97 Å². The molecule has 0 bridgehead atoms. The number of nitrogens with zero attached hydrogens (tertiary/aromatic N) is 1. The van der Waals surface area contributed by atoms with Crippen LogP contribution in [0.15, 0.2) is 82.3 Å². The van der Waals surface area contributed by atoms with Crippen LogP contribution in [0.2, 0.25) is 0 Å². The fourth-order valence-electron chi connectivity index (χ4n) is 3.42. The molecule has 168 valence electrons. The molecule has 5 nitrogen and oxygen atoms in total. The first-order valence-corrected chi connectivity index (χ1v) is 11.5. The number of ether oxygens (including phenoxy) is 1. The van der Waals surface area contributed by atoms with Gasteiger partial charge in [-0.05, 0) is 67.8 Å². The molecular formula is C27H25NO4S. The summed E-state index contributed by atoms with van der Waals surface area (Å²) >= 11 is 1.66. The van der Waals surface area contributed by atoms with Gasteiger partial charge in [-0.1, -0.05) is 42.0 Å². The van der Waals surface area contributed by atoms with Crippen molar-refractivity contribution in [3.63, 3.8) is 0 Å². The number of hydrogen-bond acceptors (Lipinski definition) is 5. The average Bonchev–Trinajstić information content (AvgIpc) is 3.30. The van der Waals surface area contributed by atoms with E-state index >= 15 is 0 Å². The lowest BCUT2D eigenvalue weighted by Gasteiger charge is -2.11. The maximum atomic E-state index is 10.7. The Kier molecular flexibility index (Phi) is 6.84.